The van der Waals surface area contributed by atoms with Gasteiger partial charge in [-0.15, -0.1) is 9.24 Å². The van der Waals surface area contributed by atoms with E-state index in [0.29, 0.717) is 0 Å². The Hall–Kier alpha value is -1.58. The second-order valence-corrected chi connectivity index (χ2v) is 13.2. The largest absolute Gasteiger partial charge is 0.356 e. The Morgan fingerprint density at radius 2 is 1.77 bits per heavy atom. The molecule has 1 N–H and O–H groups in total. The van der Waals surface area contributed by atoms with Crippen LogP contribution >= 0.6 is 21.2 Å². The molecule has 0 amide bonds. The second-order valence-electron chi connectivity index (χ2n) is 11.4. The predicted octanol–water partition coefficient (Wildman–Crippen LogP) is 6.85. The number of nitrogens with zero attached hydrogens (tertiary/aromatic N) is 2. The van der Waals surface area contributed by atoms with Crippen LogP contribution in [0.4, 0.5) is 5.69 Å². The molecular weight excluding hydrogens is 465 g/mol. The first-order valence-corrected chi connectivity index (χ1v) is 14.2. The molecule has 2 aromatic carbocycles. The first-order valence-electron chi connectivity index (χ1n) is 12.8. The van der Waals surface area contributed by atoms with Crippen molar-refractivity contribution in [3.8, 4) is 0 Å². The molecule has 1 fully saturated rings. The summed E-state index contributed by atoms with van der Waals surface area (Å²) < 4.78 is 2.61. The number of benzene rings is 2. The van der Waals surface area contributed by atoms with Crippen LogP contribution in [-0.2, 0) is 5.41 Å². The SMILES string of the molecule is CCN(C)CC12CC(C)=C(Nc3ccc(P)cc3)C=C1CCN(Sc1ccc(C(C)(C)C)cc1)C2. The third-order valence-corrected chi connectivity index (χ3v) is 8.87. The van der Waals surface area contributed by atoms with Crippen molar-refractivity contribution in [2.45, 2.75) is 57.8 Å². The Morgan fingerprint density at radius 3 is 2.40 bits per heavy atom. The average Bonchev–Trinajstić information content (AvgIpc) is 2.81. The highest BCUT2D eigenvalue weighted by Crippen LogP contribution is 2.47. The number of piperidine rings is 1. The van der Waals surface area contributed by atoms with E-state index in [9.17, 15) is 0 Å². The molecule has 35 heavy (non-hydrogen) atoms. The Bertz CT molecular complexity index is 1080. The topological polar surface area (TPSA) is 18.5 Å². The summed E-state index contributed by atoms with van der Waals surface area (Å²) in [7, 11) is 5.03. The van der Waals surface area contributed by atoms with Crippen LogP contribution in [0.1, 0.15) is 53.0 Å². The van der Waals surface area contributed by atoms with Crippen LogP contribution in [0.5, 0.6) is 0 Å². The van der Waals surface area contributed by atoms with Crippen molar-refractivity contribution in [2.75, 3.05) is 38.5 Å². The fraction of sp³-hybridized carbons (Fsp3) is 0.467. The fourth-order valence-electron chi connectivity index (χ4n) is 5.27. The quantitative estimate of drug-likeness (QED) is 0.326. The van der Waals surface area contributed by atoms with Crippen molar-refractivity contribution < 1.29 is 0 Å². The molecule has 0 aromatic heterocycles. The van der Waals surface area contributed by atoms with Gasteiger partial charge in [0.05, 0.1) is 0 Å². The van der Waals surface area contributed by atoms with E-state index < -0.39 is 0 Å². The van der Waals surface area contributed by atoms with E-state index in [-0.39, 0.29) is 10.8 Å². The number of hydrogen-bond acceptors (Lipinski definition) is 4. The van der Waals surface area contributed by atoms with Gasteiger partial charge in [0.1, 0.15) is 0 Å². The first-order chi connectivity index (χ1) is 16.6. The van der Waals surface area contributed by atoms with Gasteiger partial charge in [0.25, 0.3) is 0 Å². The minimum Gasteiger partial charge on any atom is -0.356 e. The van der Waals surface area contributed by atoms with Crippen LogP contribution in [-0.4, -0.2) is 42.4 Å². The summed E-state index contributed by atoms with van der Waals surface area (Å²) in [4.78, 5) is 3.83. The smallest absolute Gasteiger partial charge is 0.0384 e. The summed E-state index contributed by atoms with van der Waals surface area (Å²) >= 11 is 1.93. The normalized spacial score (nSPS) is 21.2. The zero-order chi connectivity index (χ0) is 25.2. The fourth-order valence-corrected chi connectivity index (χ4v) is 6.51. The molecule has 4 rings (SSSR count). The van der Waals surface area contributed by atoms with Gasteiger partial charge in [-0.05, 0) is 97.5 Å². The minimum atomic E-state index is 0.167. The van der Waals surface area contributed by atoms with Crippen LogP contribution in [0.15, 0.2) is 76.3 Å². The van der Waals surface area contributed by atoms with Crippen molar-refractivity contribution in [3.63, 3.8) is 0 Å². The summed E-state index contributed by atoms with van der Waals surface area (Å²) in [5.74, 6) is 0. The number of fused-ring (bicyclic) bond motifs is 1. The van der Waals surface area contributed by atoms with E-state index in [2.05, 4.69) is 120 Å². The molecule has 0 radical (unpaired) electrons. The molecule has 188 valence electrons. The third kappa shape index (κ3) is 6.41. The third-order valence-electron chi connectivity index (χ3n) is 7.43. The van der Waals surface area contributed by atoms with E-state index in [1.165, 1.54) is 27.0 Å². The summed E-state index contributed by atoms with van der Waals surface area (Å²) in [5, 5.41) is 4.92. The van der Waals surface area contributed by atoms with Crippen LogP contribution in [0, 0.1) is 5.41 Å². The van der Waals surface area contributed by atoms with Crippen molar-refractivity contribution in [2.24, 2.45) is 5.41 Å². The molecule has 3 nitrogen and oxygen atoms in total. The van der Waals surface area contributed by atoms with Crippen LogP contribution in [0.3, 0.4) is 0 Å². The molecule has 1 saturated heterocycles. The Balaban J connectivity index is 1.54. The van der Waals surface area contributed by atoms with E-state index in [4.69, 9.17) is 0 Å². The molecular formula is C30H42N3PS. The molecule has 5 heteroatoms. The standard InChI is InChI=1S/C30H42N3PS/c1-7-32(6)20-30-19-22(2)28(31-25-10-12-26(34)13-11-25)18-24(30)16-17-33(21-30)35-27-14-8-23(9-15-27)29(3,4)5/h8-15,18,31H,7,16-17,19-21,34H2,1-6H3. The number of rotatable bonds is 7. The maximum atomic E-state index is 3.71. The average molecular weight is 508 g/mol. The lowest BCUT2D eigenvalue weighted by Gasteiger charge is -2.48. The van der Waals surface area contributed by atoms with Gasteiger partial charge in [-0.1, -0.05) is 57.5 Å². The van der Waals surface area contributed by atoms with Crippen molar-refractivity contribution in [3.05, 3.63) is 77.0 Å². The highest BCUT2D eigenvalue weighted by Gasteiger charge is 2.42. The predicted molar refractivity (Wildman–Crippen MR) is 158 cm³/mol. The molecule has 1 heterocycles. The highest BCUT2D eigenvalue weighted by molar-refractivity contribution is 7.97. The lowest BCUT2D eigenvalue weighted by molar-refractivity contribution is 0.153. The number of anilines is 1. The van der Waals surface area contributed by atoms with E-state index in [0.717, 1.165) is 44.7 Å². The van der Waals surface area contributed by atoms with Crippen LogP contribution in [0.25, 0.3) is 0 Å². The van der Waals surface area contributed by atoms with Gasteiger partial charge in [-0.2, -0.15) is 0 Å². The maximum Gasteiger partial charge on any atom is 0.0384 e. The van der Waals surface area contributed by atoms with Crippen molar-refractivity contribution in [1.82, 2.24) is 9.21 Å². The van der Waals surface area contributed by atoms with E-state index >= 15 is 0 Å². The molecule has 1 aliphatic heterocycles. The number of allylic oxidation sites excluding steroid dienone is 2. The van der Waals surface area contributed by atoms with Gasteiger partial charge in [0, 0.05) is 41.3 Å². The highest BCUT2D eigenvalue weighted by atomic mass is 32.2. The minimum absolute atomic E-state index is 0.167. The van der Waals surface area contributed by atoms with Gasteiger partial charge in [-0.3, -0.25) is 0 Å². The Kier molecular flexibility index (Phi) is 8.18. The Labute approximate surface area is 219 Å². The monoisotopic (exact) mass is 507 g/mol. The van der Waals surface area contributed by atoms with Gasteiger partial charge < -0.3 is 10.2 Å². The van der Waals surface area contributed by atoms with Gasteiger partial charge in [0.2, 0.25) is 0 Å². The van der Waals surface area contributed by atoms with Crippen molar-refractivity contribution in [1.29, 1.82) is 0 Å². The second kappa shape index (κ2) is 10.8. The molecule has 2 aromatic rings. The van der Waals surface area contributed by atoms with Crippen molar-refractivity contribution >= 4 is 32.2 Å². The zero-order valence-corrected chi connectivity index (χ0v) is 24.3. The Morgan fingerprint density at radius 1 is 1.09 bits per heavy atom. The summed E-state index contributed by atoms with van der Waals surface area (Å²) in [6, 6.07) is 17.8. The first kappa shape index (κ1) is 26.5. The molecule has 2 aliphatic rings. The van der Waals surface area contributed by atoms with E-state index in [1.807, 2.05) is 11.9 Å². The van der Waals surface area contributed by atoms with Gasteiger partial charge in [0.15, 0.2) is 0 Å². The van der Waals surface area contributed by atoms with Crippen LogP contribution < -0.4 is 10.6 Å². The summed E-state index contributed by atoms with van der Waals surface area (Å²) in [6.07, 6.45) is 4.69. The molecule has 0 spiro atoms. The van der Waals surface area contributed by atoms with Gasteiger partial charge >= 0.3 is 0 Å². The lowest BCUT2D eigenvalue weighted by atomic mass is 9.68. The molecule has 2 atom stereocenters. The van der Waals surface area contributed by atoms with Gasteiger partial charge in [-0.25, -0.2) is 4.31 Å². The zero-order valence-electron chi connectivity index (χ0n) is 22.3. The molecule has 0 bridgehead atoms. The molecule has 2 unspecified atom stereocenters. The van der Waals surface area contributed by atoms with E-state index in [1.54, 1.807) is 5.57 Å². The summed E-state index contributed by atoms with van der Waals surface area (Å²) in [5.41, 5.74) is 7.26. The maximum absolute atomic E-state index is 3.71. The molecule has 1 aliphatic carbocycles. The molecule has 0 saturated carbocycles. The summed E-state index contributed by atoms with van der Waals surface area (Å²) in [6.45, 7) is 15.8. The number of nitrogens with one attached hydrogen (secondary N) is 1. The number of hydrogen-bond donors (Lipinski definition) is 1. The van der Waals surface area contributed by atoms with Crippen LogP contribution in [0.2, 0.25) is 0 Å². The lowest BCUT2D eigenvalue weighted by Crippen LogP contribution is -2.49.